The lowest BCUT2D eigenvalue weighted by atomic mass is 9.88. The van der Waals surface area contributed by atoms with Gasteiger partial charge in [-0.1, -0.05) is 20.8 Å². The van der Waals surface area contributed by atoms with E-state index in [1.54, 1.807) is 12.1 Å². The van der Waals surface area contributed by atoms with Gasteiger partial charge in [0, 0.05) is 5.56 Å². The molecule has 0 saturated heterocycles. The minimum absolute atomic E-state index is 0.0357. The first kappa shape index (κ1) is 19.6. The van der Waals surface area contributed by atoms with E-state index in [2.05, 4.69) is 10.6 Å². The summed E-state index contributed by atoms with van der Waals surface area (Å²) in [5.41, 5.74) is 0.288. The Balaban J connectivity index is 1.84. The summed E-state index contributed by atoms with van der Waals surface area (Å²) in [5.74, 6) is -1.08. The maximum absolute atomic E-state index is 12.1. The Kier molecular flexibility index (Phi) is 6.07. The molecule has 8 nitrogen and oxygen atoms in total. The highest BCUT2D eigenvalue weighted by Gasteiger charge is 2.23. The maximum Gasteiger partial charge on any atom is 0.326 e. The van der Waals surface area contributed by atoms with Gasteiger partial charge in [-0.2, -0.15) is 0 Å². The molecule has 142 valence electrons. The molecule has 1 heterocycles. The number of amides is 2. The fourth-order valence-corrected chi connectivity index (χ4v) is 2.38. The van der Waals surface area contributed by atoms with Gasteiger partial charge in [0.2, 0.25) is 12.7 Å². The van der Waals surface area contributed by atoms with Crippen molar-refractivity contribution in [1.82, 2.24) is 10.6 Å². The minimum atomic E-state index is -1.09. The molecule has 8 heteroatoms. The van der Waals surface area contributed by atoms with Crippen molar-refractivity contribution in [2.45, 2.75) is 39.7 Å². The molecule has 0 saturated carbocycles. The highest BCUT2D eigenvalue weighted by Crippen LogP contribution is 2.32. The summed E-state index contributed by atoms with van der Waals surface area (Å²) in [7, 11) is 0. The van der Waals surface area contributed by atoms with Crippen molar-refractivity contribution in [2.24, 2.45) is 5.41 Å². The number of fused-ring (bicyclic) bond motifs is 1. The van der Waals surface area contributed by atoms with Gasteiger partial charge in [0.15, 0.2) is 11.5 Å². The molecule has 1 aliphatic heterocycles. The third-order valence-electron chi connectivity index (χ3n) is 3.86. The Morgan fingerprint density at radius 2 is 1.88 bits per heavy atom. The van der Waals surface area contributed by atoms with Crippen LogP contribution in [0.1, 0.15) is 44.0 Å². The highest BCUT2D eigenvalue weighted by atomic mass is 16.7. The molecule has 0 aromatic heterocycles. The van der Waals surface area contributed by atoms with Crippen molar-refractivity contribution in [2.75, 3.05) is 13.3 Å². The van der Waals surface area contributed by atoms with Crippen LogP contribution in [0.25, 0.3) is 0 Å². The molecule has 0 aliphatic carbocycles. The number of benzene rings is 1. The van der Waals surface area contributed by atoms with Gasteiger partial charge in [-0.3, -0.25) is 9.59 Å². The number of hydrogen-bond acceptors (Lipinski definition) is 5. The molecule has 1 aromatic carbocycles. The summed E-state index contributed by atoms with van der Waals surface area (Å²) >= 11 is 0. The second kappa shape index (κ2) is 8.07. The average molecular weight is 364 g/mol. The number of aliphatic carboxylic acids is 1. The Morgan fingerprint density at radius 1 is 1.19 bits per heavy atom. The van der Waals surface area contributed by atoms with Gasteiger partial charge in [0.1, 0.15) is 6.04 Å². The largest absolute Gasteiger partial charge is 0.480 e. The summed E-state index contributed by atoms with van der Waals surface area (Å²) in [4.78, 5) is 35.4. The molecule has 0 radical (unpaired) electrons. The molecule has 1 atom stereocenters. The van der Waals surface area contributed by atoms with E-state index in [4.69, 9.17) is 9.47 Å². The monoisotopic (exact) mass is 364 g/mol. The average Bonchev–Trinajstić information content (AvgIpc) is 3.02. The van der Waals surface area contributed by atoms with Crippen molar-refractivity contribution in [3.63, 3.8) is 0 Å². The molecule has 0 fully saturated rings. The minimum Gasteiger partial charge on any atom is -0.480 e. The van der Waals surface area contributed by atoms with Crippen LogP contribution >= 0.6 is 0 Å². The van der Waals surface area contributed by atoms with Crippen LogP contribution in [0.4, 0.5) is 0 Å². The Bertz CT molecular complexity index is 695. The summed E-state index contributed by atoms with van der Waals surface area (Å²) in [5, 5.41) is 14.1. The van der Waals surface area contributed by atoms with Crippen LogP contribution in [0.5, 0.6) is 11.5 Å². The molecule has 1 aromatic rings. The Hall–Kier alpha value is -2.77. The molecule has 2 amide bonds. The number of carboxylic acid groups (broad SMARTS) is 1. The SMILES string of the molecule is CC(C)(C)CCC(NC(=O)CNC(=O)c1ccc2c(c1)OCO2)C(=O)O. The van der Waals surface area contributed by atoms with Crippen LogP contribution in [-0.2, 0) is 9.59 Å². The third-order valence-corrected chi connectivity index (χ3v) is 3.86. The zero-order valence-electron chi connectivity index (χ0n) is 15.1. The second-order valence-electron chi connectivity index (χ2n) is 7.31. The fraction of sp³-hybridized carbons (Fsp3) is 0.500. The normalized spacial score (nSPS) is 13.8. The Morgan fingerprint density at radius 3 is 2.54 bits per heavy atom. The fourth-order valence-electron chi connectivity index (χ4n) is 2.38. The van der Waals surface area contributed by atoms with Crippen LogP contribution in [-0.4, -0.2) is 42.3 Å². The van der Waals surface area contributed by atoms with Gasteiger partial charge in [0.25, 0.3) is 5.91 Å². The van der Waals surface area contributed by atoms with Crippen molar-refractivity contribution < 1.29 is 29.0 Å². The first-order valence-corrected chi connectivity index (χ1v) is 8.36. The van der Waals surface area contributed by atoms with Gasteiger partial charge in [-0.05, 0) is 36.5 Å². The predicted molar refractivity (Wildman–Crippen MR) is 93.2 cm³/mol. The summed E-state index contributed by atoms with van der Waals surface area (Å²) in [6.45, 7) is 5.79. The first-order chi connectivity index (χ1) is 12.2. The number of nitrogens with one attached hydrogen (secondary N) is 2. The van der Waals surface area contributed by atoms with E-state index in [-0.39, 0.29) is 18.8 Å². The van der Waals surface area contributed by atoms with Crippen LogP contribution in [0.3, 0.4) is 0 Å². The van der Waals surface area contributed by atoms with E-state index in [9.17, 15) is 19.5 Å². The summed E-state index contributed by atoms with van der Waals surface area (Å²) < 4.78 is 10.4. The first-order valence-electron chi connectivity index (χ1n) is 8.36. The summed E-state index contributed by atoms with van der Waals surface area (Å²) in [6.07, 6.45) is 0.967. The van der Waals surface area contributed by atoms with Crippen LogP contribution in [0, 0.1) is 5.41 Å². The number of ether oxygens (including phenoxy) is 2. The summed E-state index contributed by atoms with van der Waals surface area (Å²) in [6, 6.07) is 3.72. The topological polar surface area (TPSA) is 114 Å². The number of carbonyl (C=O) groups excluding carboxylic acids is 2. The third kappa shape index (κ3) is 5.65. The van der Waals surface area contributed by atoms with E-state index in [0.29, 0.717) is 29.9 Å². The molecule has 26 heavy (non-hydrogen) atoms. The van der Waals surface area contributed by atoms with Crippen LogP contribution in [0.2, 0.25) is 0 Å². The van der Waals surface area contributed by atoms with Gasteiger partial charge in [0.05, 0.1) is 6.54 Å². The molecule has 0 spiro atoms. The van der Waals surface area contributed by atoms with E-state index in [1.165, 1.54) is 6.07 Å². The van der Waals surface area contributed by atoms with Gasteiger partial charge in [-0.15, -0.1) is 0 Å². The van der Waals surface area contributed by atoms with Crippen LogP contribution < -0.4 is 20.1 Å². The Labute approximate surface area is 151 Å². The lowest BCUT2D eigenvalue weighted by Gasteiger charge is -2.21. The van der Waals surface area contributed by atoms with E-state index in [1.807, 2.05) is 20.8 Å². The molecular formula is C18H24N2O6. The van der Waals surface area contributed by atoms with Gasteiger partial charge < -0.3 is 25.2 Å². The molecule has 2 rings (SSSR count). The standard InChI is InChI=1S/C18H24N2O6/c1-18(2,3)7-6-12(17(23)24)20-15(21)9-19-16(22)11-4-5-13-14(8-11)26-10-25-13/h4-5,8,12H,6-7,9-10H2,1-3H3,(H,19,22)(H,20,21)(H,23,24). The van der Waals surface area contributed by atoms with Crippen molar-refractivity contribution in [1.29, 1.82) is 0 Å². The zero-order valence-corrected chi connectivity index (χ0v) is 15.1. The number of carbonyl (C=O) groups is 3. The zero-order chi connectivity index (χ0) is 19.3. The molecular weight excluding hydrogens is 340 g/mol. The van der Waals surface area contributed by atoms with Crippen molar-refractivity contribution in [3.8, 4) is 11.5 Å². The van der Waals surface area contributed by atoms with Crippen molar-refractivity contribution >= 4 is 17.8 Å². The lowest BCUT2D eigenvalue weighted by Crippen LogP contribution is -2.45. The van der Waals surface area contributed by atoms with Gasteiger partial charge in [-0.25, -0.2) is 4.79 Å². The second-order valence-corrected chi connectivity index (χ2v) is 7.31. The predicted octanol–water partition coefficient (Wildman–Crippen LogP) is 1.54. The molecule has 1 aliphatic rings. The number of hydrogen-bond donors (Lipinski definition) is 3. The van der Waals surface area contributed by atoms with Crippen molar-refractivity contribution in [3.05, 3.63) is 23.8 Å². The maximum atomic E-state index is 12.1. The van der Waals surface area contributed by atoms with Crippen LogP contribution in [0.15, 0.2) is 18.2 Å². The number of carboxylic acids is 1. The molecule has 0 bridgehead atoms. The highest BCUT2D eigenvalue weighted by molar-refractivity contribution is 5.97. The quantitative estimate of drug-likeness (QED) is 0.676. The molecule has 3 N–H and O–H groups in total. The smallest absolute Gasteiger partial charge is 0.326 e. The van der Waals surface area contributed by atoms with E-state index < -0.39 is 23.8 Å². The lowest BCUT2D eigenvalue weighted by molar-refractivity contribution is -0.142. The van der Waals surface area contributed by atoms with Gasteiger partial charge >= 0.3 is 5.97 Å². The molecule has 1 unspecified atom stereocenters. The van der Waals surface area contributed by atoms with E-state index >= 15 is 0 Å². The number of rotatable bonds is 7. The van der Waals surface area contributed by atoms with E-state index in [0.717, 1.165) is 0 Å².